The van der Waals surface area contributed by atoms with Crippen LogP contribution in [0.1, 0.15) is 19.4 Å². The summed E-state index contributed by atoms with van der Waals surface area (Å²) < 4.78 is 52.8. The number of halogens is 2. The van der Waals surface area contributed by atoms with Crippen LogP contribution in [-0.2, 0) is 14.8 Å². The highest BCUT2D eigenvalue weighted by Gasteiger charge is 2.30. The van der Waals surface area contributed by atoms with Crippen LogP contribution in [0, 0.1) is 24.5 Å². The number of benzene rings is 1. The summed E-state index contributed by atoms with van der Waals surface area (Å²) >= 11 is 0. The number of aliphatic carboxylic acids is 1. The molecule has 0 aliphatic rings. The van der Waals surface area contributed by atoms with E-state index in [1.165, 1.54) is 20.8 Å². The molecule has 0 aliphatic heterocycles. The van der Waals surface area contributed by atoms with E-state index in [9.17, 15) is 22.0 Å². The van der Waals surface area contributed by atoms with Gasteiger partial charge in [-0.1, -0.05) is 13.8 Å². The molecule has 0 amide bonds. The van der Waals surface area contributed by atoms with Gasteiger partial charge in [-0.3, -0.25) is 4.79 Å². The van der Waals surface area contributed by atoms with Crippen LogP contribution in [0.2, 0.25) is 0 Å². The molecule has 1 rings (SSSR count). The quantitative estimate of drug-likeness (QED) is 0.866. The molecule has 5 nitrogen and oxygen atoms in total. The highest BCUT2D eigenvalue weighted by Crippen LogP contribution is 2.20. The zero-order chi connectivity index (χ0) is 15.7. The monoisotopic (exact) mass is 307 g/mol. The smallest absolute Gasteiger partial charge is 0.322 e. The van der Waals surface area contributed by atoms with Gasteiger partial charge in [-0.2, -0.15) is 4.72 Å². The average Bonchev–Trinajstić information content (AvgIpc) is 2.30. The van der Waals surface area contributed by atoms with E-state index in [0.717, 1.165) is 6.07 Å². The summed E-state index contributed by atoms with van der Waals surface area (Å²) in [5.41, 5.74) is -0.0416. The summed E-state index contributed by atoms with van der Waals surface area (Å²) in [5.74, 6) is -3.97. The summed E-state index contributed by atoms with van der Waals surface area (Å²) in [6.45, 7) is 4.27. The van der Waals surface area contributed by atoms with Gasteiger partial charge in [0.05, 0.1) is 0 Å². The van der Waals surface area contributed by atoms with Crippen molar-refractivity contribution >= 4 is 16.0 Å². The van der Waals surface area contributed by atoms with Gasteiger partial charge in [0.1, 0.15) is 22.6 Å². The largest absolute Gasteiger partial charge is 0.480 e. The van der Waals surface area contributed by atoms with Gasteiger partial charge in [0.15, 0.2) is 0 Å². The van der Waals surface area contributed by atoms with Crippen LogP contribution in [0.25, 0.3) is 0 Å². The first-order valence-corrected chi connectivity index (χ1v) is 7.25. The minimum Gasteiger partial charge on any atom is -0.480 e. The highest BCUT2D eigenvalue weighted by atomic mass is 32.2. The van der Waals surface area contributed by atoms with Crippen molar-refractivity contribution < 1.29 is 27.1 Å². The molecule has 0 heterocycles. The van der Waals surface area contributed by atoms with E-state index in [-0.39, 0.29) is 5.56 Å². The number of carbonyl (C=O) groups is 1. The number of nitrogens with one attached hydrogen (secondary N) is 1. The molecule has 8 heteroatoms. The maximum absolute atomic E-state index is 13.6. The Morgan fingerprint density at radius 1 is 1.25 bits per heavy atom. The number of sulfonamides is 1. The van der Waals surface area contributed by atoms with Crippen LogP contribution in [0.3, 0.4) is 0 Å². The van der Waals surface area contributed by atoms with Gasteiger partial charge in [-0.25, -0.2) is 17.2 Å². The zero-order valence-electron chi connectivity index (χ0n) is 11.1. The van der Waals surface area contributed by atoms with Crippen molar-refractivity contribution in [3.05, 3.63) is 29.3 Å². The van der Waals surface area contributed by atoms with Crippen molar-refractivity contribution in [2.45, 2.75) is 31.7 Å². The third-order valence-electron chi connectivity index (χ3n) is 2.72. The molecule has 0 unspecified atom stereocenters. The Morgan fingerprint density at radius 2 is 1.80 bits per heavy atom. The normalized spacial score (nSPS) is 13.5. The fourth-order valence-corrected chi connectivity index (χ4v) is 2.94. The Labute approximate surface area is 115 Å². The van der Waals surface area contributed by atoms with E-state index >= 15 is 0 Å². The predicted octanol–water partition coefficient (Wildman–Crippen LogP) is 1.66. The Morgan fingerprint density at radius 3 is 2.25 bits per heavy atom. The Hall–Kier alpha value is -1.54. The first-order valence-electron chi connectivity index (χ1n) is 5.77. The molecule has 0 aliphatic carbocycles. The predicted molar refractivity (Wildman–Crippen MR) is 67.7 cm³/mol. The Bertz CT molecular complexity index is 629. The second-order valence-electron chi connectivity index (χ2n) is 4.71. The lowest BCUT2D eigenvalue weighted by Crippen LogP contribution is -2.44. The zero-order valence-corrected chi connectivity index (χ0v) is 12.0. The number of hydrogen-bond acceptors (Lipinski definition) is 3. The molecule has 0 radical (unpaired) electrons. The number of hydrogen-bond donors (Lipinski definition) is 2. The number of carboxylic acid groups (broad SMARTS) is 1. The molecule has 112 valence electrons. The van der Waals surface area contributed by atoms with Crippen LogP contribution in [-0.4, -0.2) is 25.5 Å². The lowest BCUT2D eigenvalue weighted by Gasteiger charge is -2.18. The van der Waals surface area contributed by atoms with Crippen LogP contribution in [0.5, 0.6) is 0 Å². The van der Waals surface area contributed by atoms with E-state index in [1.54, 1.807) is 0 Å². The topological polar surface area (TPSA) is 83.5 Å². The molecule has 0 fully saturated rings. The summed E-state index contributed by atoms with van der Waals surface area (Å²) in [6.07, 6.45) is 0. The van der Waals surface area contributed by atoms with Crippen molar-refractivity contribution in [1.82, 2.24) is 4.72 Å². The third kappa shape index (κ3) is 3.51. The molecule has 1 atom stereocenters. The van der Waals surface area contributed by atoms with Gasteiger partial charge >= 0.3 is 5.97 Å². The number of rotatable bonds is 5. The molecule has 2 N–H and O–H groups in total. The maximum Gasteiger partial charge on any atom is 0.322 e. The molecular formula is C12H15F2NO4S. The van der Waals surface area contributed by atoms with Crippen LogP contribution in [0.15, 0.2) is 17.0 Å². The van der Waals surface area contributed by atoms with Gasteiger partial charge in [-0.05, 0) is 30.5 Å². The summed E-state index contributed by atoms with van der Waals surface area (Å²) in [7, 11) is -4.47. The number of aryl methyl sites for hydroxylation is 1. The molecule has 0 spiro atoms. The SMILES string of the molecule is Cc1cc(F)c(S(=O)(=O)N[C@H](C(=O)O)C(C)C)cc1F. The van der Waals surface area contributed by atoms with Gasteiger partial charge in [-0.15, -0.1) is 0 Å². The lowest BCUT2D eigenvalue weighted by atomic mass is 10.1. The van der Waals surface area contributed by atoms with Gasteiger partial charge in [0.2, 0.25) is 10.0 Å². The van der Waals surface area contributed by atoms with E-state index in [2.05, 4.69) is 0 Å². The molecule has 0 saturated carbocycles. The van der Waals surface area contributed by atoms with Gasteiger partial charge in [0.25, 0.3) is 0 Å². The van der Waals surface area contributed by atoms with Crippen LogP contribution >= 0.6 is 0 Å². The third-order valence-corrected chi connectivity index (χ3v) is 4.17. The van der Waals surface area contributed by atoms with Crippen LogP contribution in [0.4, 0.5) is 8.78 Å². The Balaban J connectivity index is 3.24. The van der Waals surface area contributed by atoms with Crippen molar-refractivity contribution in [2.24, 2.45) is 5.92 Å². The van der Waals surface area contributed by atoms with E-state index in [1.807, 2.05) is 4.72 Å². The minimum absolute atomic E-state index is 0.0416. The van der Waals surface area contributed by atoms with E-state index < -0.39 is 44.5 Å². The first-order chi connectivity index (χ1) is 9.06. The fourth-order valence-electron chi connectivity index (χ4n) is 1.54. The van der Waals surface area contributed by atoms with E-state index in [0.29, 0.717) is 6.07 Å². The molecule has 0 aromatic heterocycles. The van der Waals surface area contributed by atoms with Crippen molar-refractivity contribution in [1.29, 1.82) is 0 Å². The van der Waals surface area contributed by atoms with E-state index in [4.69, 9.17) is 5.11 Å². The van der Waals surface area contributed by atoms with Gasteiger partial charge in [0, 0.05) is 0 Å². The fraction of sp³-hybridized carbons (Fsp3) is 0.417. The molecule has 20 heavy (non-hydrogen) atoms. The van der Waals surface area contributed by atoms with Crippen LogP contribution < -0.4 is 4.72 Å². The van der Waals surface area contributed by atoms with Gasteiger partial charge < -0.3 is 5.11 Å². The lowest BCUT2D eigenvalue weighted by molar-refractivity contribution is -0.140. The molecule has 1 aromatic rings. The first kappa shape index (κ1) is 16.5. The summed E-state index contributed by atoms with van der Waals surface area (Å²) in [5, 5.41) is 8.93. The minimum atomic E-state index is -4.47. The number of carboxylic acids is 1. The highest BCUT2D eigenvalue weighted by molar-refractivity contribution is 7.89. The maximum atomic E-state index is 13.6. The standard InChI is InChI=1S/C12H15F2NO4S/c1-6(2)11(12(16)17)15-20(18,19)10-5-8(13)7(3)4-9(10)14/h4-6,11,15H,1-3H3,(H,16,17)/t11-/m0/s1. The second kappa shape index (κ2) is 5.84. The van der Waals surface area contributed by atoms with Crippen molar-refractivity contribution in [2.75, 3.05) is 0 Å². The molecule has 0 bridgehead atoms. The summed E-state index contributed by atoms with van der Waals surface area (Å²) in [4.78, 5) is 10.1. The summed E-state index contributed by atoms with van der Waals surface area (Å²) in [6, 6.07) is -0.148. The molecule has 0 saturated heterocycles. The second-order valence-corrected chi connectivity index (χ2v) is 6.40. The average molecular weight is 307 g/mol. The molecule has 1 aromatic carbocycles. The van der Waals surface area contributed by atoms with Crippen molar-refractivity contribution in [3.8, 4) is 0 Å². The van der Waals surface area contributed by atoms with Crippen molar-refractivity contribution in [3.63, 3.8) is 0 Å². The Kier molecular flexibility index (Phi) is 4.82. The molecular weight excluding hydrogens is 292 g/mol.